The average Bonchev–Trinajstić information content (AvgIpc) is 3.59. The highest BCUT2D eigenvalue weighted by atomic mass is 16.5. The van der Waals surface area contributed by atoms with E-state index in [1.165, 1.54) is 347 Å². The fourth-order valence-electron chi connectivity index (χ4n) is 12.4. The summed E-state index contributed by atoms with van der Waals surface area (Å²) >= 11 is 0. The average molecular weight is 1250 g/mol. The Labute approximate surface area is 556 Å². The number of nitrogens with one attached hydrogen (secondary N) is 1. The Morgan fingerprint density at radius 2 is 0.562 bits per heavy atom. The molecular weight excluding hydrogens is 1090 g/mol. The SMILES string of the molecule is CCCCC/C=C\C/C=C\CCCCCCCCCC(=O)OCCCCCCCCCCC/C=C\C/C=C\CCCCCCCCCCCCCCCCCCCC(=O)NC(CO)C(O)/C=C/CCCCCCCCCCCCCCCCCCCCCC. The molecule has 2 unspecified atom stereocenters. The van der Waals surface area contributed by atoms with Crippen molar-refractivity contribution in [3.8, 4) is 0 Å². The van der Waals surface area contributed by atoms with Gasteiger partial charge in [0.05, 0.1) is 25.4 Å². The smallest absolute Gasteiger partial charge is 0.305 e. The summed E-state index contributed by atoms with van der Waals surface area (Å²) in [4.78, 5) is 24.6. The standard InChI is InChI=1S/C83H155NO5/c1-3-5-7-9-11-13-15-17-19-21-22-23-37-40-44-47-51-55-59-63-67-71-75-81(86)80(79-85)84-82(87)76-72-68-64-60-56-52-48-45-41-38-35-33-31-29-27-25-24-26-28-30-32-34-36-39-42-46-50-54-58-62-66-70-74-78-89-83(88)77-73-69-65-61-57-53-49-43-20-18-16-14-12-10-8-6-4-2/h12,14,18,20,28,30,34,36,71,75,80-81,85-86H,3-11,13,15-17,19,21-27,29,31-33,35,37-70,72-74,76-79H2,1-2H3,(H,84,87)/b14-12-,20-18-,30-28-,36-34-,75-71+. The zero-order valence-corrected chi connectivity index (χ0v) is 59.9. The number of carbonyl (C=O) groups excluding carboxylic acids is 2. The minimum atomic E-state index is -0.845. The van der Waals surface area contributed by atoms with E-state index in [4.69, 9.17) is 4.74 Å². The monoisotopic (exact) mass is 1250 g/mol. The van der Waals surface area contributed by atoms with E-state index in [-0.39, 0.29) is 18.5 Å². The maximum absolute atomic E-state index is 12.5. The third-order valence-electron chi connectivity index (χ3n) is 18.5. The highest BCUT2D eigenvalue weighted by Gasteiger charge is 2.18. The molecule has 0 aliphatic heterocycles. The lowest BCUT2D eigenvalue weighted by molar-refractivity contribution is -0.143. The number of carbonyl (C=O) groups is 2. The molecule has 0 aromatic rings. The molecule has 0 aromatic carbocycles. The van der Waals surface area contributed by atoms with Crippen molar-refractivity contribution in [3.05, 3.63) is 60.8 Å². The molecule has 0 radical (unpaired) electrons. The first-order valence-electron chi connectivity index (χ1n) is 40.1. The fraction of sp³-hybridized carbons (Fsp3) is 0.855. The highest BCUT2D eigenvalue weighted by molar-refractivity contribution is 5.76. The first-order valence-corrected chi connectivity index (χ1v) is 40.1. The van der Waals surface area contributed by atoms with Gasteiger partial charge in [0.1, 0.15) is 0 Å². The zero-order chi connectivity index (χ0) is 64.2. The van der Waals surface area contributed by atoms with Crippen molar-refractivity contribution in [2.75, 3.05) is 13.2 Å². The van der Waals surface area contributed by atoms with Crippen LogP contribution >= 0.6 is 0 Å². The first-order chi connectivity index (χ1) is 44.0. The van der Waals surface area contributed by atoms with Crippen molar-refractivity contribution >= 4 is 11.9 Å². The topological polar surface area (TPSA) is 95.9 Å². The molecule has 6 nitrogen and oxygen atoms in total. The van der Waals surface area contributed by atoms with Crippen molar-refractivity contribution in [2.24, 2.45) is 0 Å². The normalized spacial score (nSPS) is 12.8. The number of aliphatic hydroxyl groups excluding tert-OH is 2. The molecule has 0 bridgehead atoms. The minimum absolute atomic E-state index is 0.00640. The Kier molecular flexibility index (Phi) is 75.9. The van der Waals surface area contributed by atoms with Gasteiger partial charge in [0, 0.05) is 12.8 Å². The van der Waals surface area contributed by atoms with Crippen molar-refractivity contribution in [3.63, 3.8) is 0 Å². The van der Waals surface area contributed by atoms with Crippen LogP contribution in [0.25, 0.3) is 0 Å². The molecule has 2 atom stereocenters. The van der Waals surface area contributed by atoms with Crippen LogP contribution in [-0.2, 0) is 14.3 Å². The third-order valence-corrected chi connectivity index (χ3v) is 18.5. The van der Waals surface area contributed by atoms with Crippen LogP contribution in [0.5, 0.6) is 0 Å². The van der Waals surface area contributed by atoms with Gasteiger partial charge in [-0.15, -0.1) is 0 Å². The second-order valence-corrected chi connectivity index (χ2v) is 27.4. The molecule has 6 heteroatoms. The van der Waals surface area contributed by atoms with Gasteiger partial charge in [-0.05, 0) is 96.3 Å². The number of amides is 1. The molecule has 3 N–H and O–H groups in total. The molecule has 0 aliphatic carbocycles. The van der Waals surface area contributed by atoms with Crippen LogP contribution in [0, 0.1) is 0 Å². The predicted octanol–water partition coefficient (Wildman–Crippen LogP) is 26.5. The van der Waals surface area contributed by atoms with E-state index in [0.717, 1.165) is 57.8 Å². The van der Waals surface area contributed by atoms with E-state index in [2.05, 4.69) is 67.8 Å². The number of hydrogen-bond acceptors (Lipinski definition) is 5. The summed E-state index contributed by atoms with van der Waals surface area (Å²) < 4.78 is 5.50. The molecule has 0 heterocycles. The molecule has 522 valence electrons. The zero-order valence-electron chi connectivity index (χ0n) is 59.9. The van der Waals surface area contributed by atoms with E-state index in [1.54, 1.807) is 6.08 Å². The Balaban J connectivity index is 3.41. The van der Waals surface area contributed by atoms with E-state index in [0.29, 0.717) is 19.4 Å². The summed E-state index contributed by atoms with van der Waals surface area (Å²) in [6.45, 7) is 4.91. The number of rotatable bonds is 75. The van der Waals surface area contributed by atoms with Crippen LogP contribution in [0.2, 0.25) is 0 Å². The van der Waals surface area contributed by atoms with E-state index < -0.39 is 12.1 Å². The lowest BCUT2D eigenvalue weighted by Crippen LogP contribution is -2.45. The third kappa shape index (κ3) is 74.5. The van der Waals surface area contributed by atoms with Gasteiger partial charge in [0.15, 0.2) is 0 Å². The number of ether oxygens (including phenoxy) is 1. The Morgan fingerprint density at radius 3 is 0.876 bits per heavy atom. The van der Waals surface area contributed by atoms with Crippen LogP contribution in [0.15, 0.2) is 60.8 Å². The number of unbranched alkanes of at least 4 members (excludes halogenated alkanes) is 56. The molecule has 0 aliphatic rings. The molecule has 0 rings (SSSR count). The van der Waals surface area contributed by atoms with Crippen LogP contribution in [0.1, 0.15) is 431 Å². The quantitative estimate of drug-likeness (QED) is 0.0320. The maximum Gasteiger partial charge on any atom is 0.305 e. The van der Waals surface area contributed by atoms with Gasteiger partial charge in [-0.1, -0.05) is 383 Å². The van der Waals surface area contributed by atoms with Gasteiger partial charge in [-0.3, -0.25) is 9.59 Å². The largest absolute Gasteiger partial charge is 0.466 e. The number of aliphatic hydroxyl groups is 2. The molecule has 0 saturated heterocycles. The van der Waals surface area contributed by atoms with Crippen molar-refractivity contribution < 1.29 is 24.5 Å². The number of hydrogen-bond donors (Lipinski definition) is 3. The molecule has 0 spiro atoms. The summed E-state index contributed by atoms with van der Waals surface area (Å²) in [6.07, 6.45) is 105. The Morgan fingerprint density at radius 1 is 0.315 bits per heavy atom. The van der Waals surface area contributed by atoms with Crippen LogP contribution in [-0.4, -0.2) is 47.4 Å². The highest BCUT2D eigenvalue weighted by Crippen LogP contribution is 2.19. The Hall–Kier alpha value is -2.44. The van der Waals surface area contributed by atoms with Gasteiger partial charge in [0.2, 0.25) is 5.91 Å². The van der Waals surface area contributed by atoms with Crippen molar-refractivity contribution in [2.45, 2.75) is 443 Å². The van der Waals surface area contributed by atoms with E-state index >= 15 is 0 Å². The molecule has 1 amide bonds. The molecule has 0 fully saturated rings. The minimum Gasteiger partial charge on any atom is -0.466 e. The van der Waals surface area contributed by atoms with Crippen LogP contribution in [0.4, 0.5) is 0 Å². The predicted molar refractivity (Wildman–Crippen MR) is 393 cm³/mol. The lowest BCUT2D eigenvalue weighted by atomic mass is 10.0. The second-order valence-electron chi connectivity index (χ2n) is 27.4. The summed E-state index contributed by atoms with van der Waals surface area (Å²) in [7, 11) is 0. The molecular formula is C83H155NO5. The molecule has 0 saturated carbocycles. The summed E-state index contributed by atoms with van der Waals surface area (Å²) in [5, 5.41) is 23.3. The van der Waals surface area contributed by atoms with Crippen LogP contribution in [0.3, 0.4) is 0 Å². The summed E-state index contributed by atoms with van der Waals surface area (Å²) in [6, 6.07) is -0.629. The molecule has 0 aromatic heterocycles. The number of esters is 1. The fourth-order valence-corrected chi connectivity index (χ4v) is 12.4. The Bertz CT molecular complexity index is 1530. The van der Waals surface area contributed by atoms with Gasteiger partial charge >= 0.3 is 5.97 Å². The lowest BCUT2D eigenvalue weighted by Gasteiger charge is -2.20. The summed E-state index contributed by atoms with van der Waals surface area (Å²) in [5.41, 5.74) is 0. The molecule has 89 heavy (non-hydrogen) atoms. The van der Waals surface area contributed by atoms with E-state index in [1.807, 2.05) is 6.08 Å². The summed E-state index contributed by atoms with van der Waals surface area (Å²) in [5.74, 6) is -0.0557. The van der Waals surface area contributed by atoms with Crippen molar-refractivity contribution in [1.29, 1.82) is 0 Å². The van der Waals surface area contributed by atoms with Crippen LogP contribution < -0.4 is 5.32 Å². The van der Waals surface area contributed by atoms with Gasteiger partial charge in [0.25, 0.3) is 0 Å². The second kappa shape index (κ2) is 78.0. The van der Waals surface area contributed by atoms with Gasteiger partial charge in [-0.25, -0.2) is 0 Å². The van der Waals surface area contributed by atoms with Crippen molar-refractivity contribution in [1.82, 2.24) is 5.32 Å². The van der Waals surface area contributed by atoms with Gasteiger partial charge in [-0.2, -0.15) is 0 Å². The van der Waals surface area contributed by atoms with E-state index in [9.17, 15) is 19.8 Å². The first kappa shape index (κ1) is 86.6. The maximum atomic E-state index is 12.5. The van der Waals surface area contributed by atoms with Gasteiger partial charge < -0.3 is 20.3 Å². The number of allylic oxidation sites excluding steroid dienone is 9.